The number of carbonyl (C=O) groups is 1. The van der Waals surface area contributed by atoms with Gasteiger partial charge in [0.2, 0.25) is 5.13 Å². The first-order chi connectivity index (χ1) is 9.75. The van der Waals surface area contributed by atoms with Crippen LogP contribution in [0.15, 0.2) is 5.10 Å². The number of thiazole rings is 1. The SMILES string of the molecule is Br.CC(=O)c1sc(N/N=C2\CC3CCC2(C)C3(C)C)nc1C. The normalized spacial score (nSPS) is 30.4. The average Bonchev–Trinajstić information content (AvgIpc) is 2.93. The minimum absolute atomic E-state index is 0. The lowest BCUT2D eigenvalue weighted by Crippen LogP contribution is -2.32. The molecule has 22 heavy (non-hydrogen) atoms. The predicted octanol–water partition coefficient (Wildman–Crippen LogP) is 4.85. The van der Waals surface area contributed by atoms with E-state index < -0.39 is 0 Å². The zero-order valence-electron chi connectivity index (χ0n) is 13.8. The number of anilines is 1. The number of aryl methyl sites for hydroxylation is 1. The maximum absolute atomic E-state index is 11.5. The van der Waals surface area contributed by atoms with Crippen LogP contribution < -0.4 is 5.43 Å². The van der Waals surface area contributed by atoms with Crippen molar-refractivity contribution in [3.05, 3.63) is 10.6 Å². The Kier molecular flexibility index (Phi) is 4.57. The van der Waals surface area contributed by atoms with Crippen LogP contribution in [0.4, 0.5) is 5.13 Å². The van der Waals surface area contributed by atoms with Crippen molar-refractivity contribution in [2.75, 3.05) is 5.43 Å². The van der Waals surface area contributed by atoms with Crippen LogP contribution in [0.3, 0.4) is 0 Å². The quantitative estimate of drug-likeness (QED) is 0.597. The Morgan fingerprint density at radius 2 is 2.09 bits per heavy atom. The maximum atomic E-state index is 11.5. The molecule has 0 radical (unpaired) electrons. The van der Waals surface area contributed by atoms with Gasteiger partial charge in [-0.15, -0.1) is 17.0 Å². The molecule has 3 rings (SSSR count). The summed E-state index contributed by atoms with van der Waals surface area (Å²) in [4.78, 5) is 16.6. The first-order valence-electron chi connectivity index (χ1n) is 7.57. The number of aromatic nitrogens is 1. The molecule has 4 nitrogen and oxygen atoms in total. The van der Waals surface area contributed by atoms with E-state index in [2.05, 4.69) is 36.3 Å². The molecule has 122 valence electrons. The molecule has 0 aromatic carbocycles. The zero-order chi connectivity index (χ0) is 15.4. The lowest BCUT2D eigenvalue weighted by molar-refractivity contribution is 0.102. The van der Waals surface area contributed by atoms with Gasteiger partial charge in [-0.05, 0) is 37.5 Å². The van der Waals surface area contributed by atoms with Gasteiger partial charge in [0.25, 0.3) is 0 Å². The Labute approximate surface area is 146 Å². The number of hydrogen-bond donors (Lipinski definition) is 1. The summed E-state index contributed by atoms with van der Waals surface area (Å²) in [5.41, 5.74) is 5.67. The number of ketones is 1. The van der Waals surface area contributed by atoms with Crippen LogP contribution in [0.2, 0.25) is 0 Å². The zero-order valence-corrected chi connectivity index (χ0v) is 16.3. The molecule has 2 fully saturated rings. The largest absolute Gasteiger partial charge is 0.294 e. The predicted molar refractivity (Wildman–Crippen MR) is 97.5 cm³/mol. The molecule has 1 aromatic heterocycles. The van der Waals surface area contributed by atoms with Crippen LogP contribution in [0.25, 0.3) is 0 Å². The van der Waals surface area contributed by atoms with Crippen molar-refractivity contribution in [1.82, 2.24) is 4.98 Å². The van der Waals surface area contributed by atoms with E-state index in [0.717, 1.165) is 28.0 Å². The van der Waals surface area contributed by atoms with Crippen LogP contribution in [-0.4, -0.2) is 16.5 Å². The lowest BCUT2D eigenvalue weighted by Gasteiger charge is -2.34. The molecule has 0 amide bonds. The third kappa shape index (κ3) is 2.44. The summed E-state index contributed by atoms with van der Waals surface area (Å²) in [5, 5.41) is 5.38. The van der Waals surface area contributed by atoms with Gasteiger partial charge in [0.1, 0.15) is 0 Å². The number of hydrogen-bond acceptors (Lipinski definition) is 5. The Morgan fingerprint density at radius 1 is 1.41 bits per heavy atom. The molecule has 2 saturated carbocycles. The van der Waals surface area contributed by atoms with Gasteiger partial charge in [0.15, 0.2) is 5.78 Å². The van der Waals surface area contributed by atoms with Gasteiger partial charge in [0.05, 0.1) is 10.6 Å². The van der Waals surface area contributed by atoms with E-state index in [0.29, 0.717) is 5.41 Å². The second kappa shape index (κ2) is 5.71. The second-order valence-corrected chi connectivity index (χ2v) is 8.15. The molecule has 6 heteroatoms. The van der Waals surface area contributed by atoms with Crippen molar-refractivity contribution in [1.29, 1.82) is 0 Å². The fourth-order valence-electron chi connectivity index (χ4n) is 3.98. The van der Waals surface area contributed by atoms with Crippen molar-refractivity contribution >= 4 is 44.9 Å². The number of Topliss-reactive ketones (excluding diaryl/α,β-unsaturated/α-hetero) is 1. The van der Waals surface area contributed by atoms with E-state index in [9.17, 15) is 4.79 Å². The first-order valence-corrected chi connectivity index (χ1v) is 8.39. The molecule has 2 atom stereocenters. The van der Waals surface area contributed by atoms with Crippen LogP contribution >= 0.6 is 28.3 Å². The van der Waals surface area contributed by atoms with Gasteiger partial charge in [-0.2, -0.15) is 5.10 Å². The monoisotopic (exact) mass is 385 g/mol. The minimum Gasteiger partial charge on any atom is -0.294 e. The highest BCUT2D eigenvalue weighted by molar-refractivity contribution is 8.93. The molecular weight excluding hydrogens is 362 g/mol. The molecule has 0 aliphatic heterocycles. The summed E-state index contributed by atoms with van der Waals surface area (Å²) in [7, 11) is 0. The standard InChI is InChI=1S/C16H23N3OS.BrH/c1-9-13(10(2)20)21-14(17-9)19-18-12-8-11-6-7-16(12,5)15(11,3)4;/h11H,6-8H2,1-5H3,(H,17,19);1H/b18-12+;. The highest BCUT2D eigenvalue weighted by Crippen LogP contribution is 2.63. The summed E-state index contributed by atoms with van der Waals surface area (Å²) in [6.45, 7) is 10.5. The fourth-order valence-corrected chi connectivity index (χ4v) is 4.79. The van der Waals surface area contributed by atoms with E-state index in [1.807, 2.05) is 6.92 Å². The molecular formula is C16H24BrN3OS. The lowest BCUT2D eigenvalue weighted by atomic mass is 9.70. The third-order valence-corrected chi connectivity index (χ3v) is 7.08. The smallest absolute Gasteiger partial charge is 0.204 e. The summed E-state index contributed by atoms with van der Waals surface area (Å²) >= 11 is 1.39. The molecule has 0 spiro atoms. The summed E-state index contributed by atoms with van der Waals surface area (Å²) < 4.78 is 0. The summed E-state index contributed by atoms with van der Waals surface area (Å²) in [5.74, 6) is 0.813. The third-order valence-electron chi connectivity index (χ3n) is 5.92. The van der Waals surface area contributed by atoms with Crippen molar-refractivity contribution in [3.63, 3.8) is 0 Å². The molecule has 1 heterocycles. The van der Waals surface area contributed by atoms with Crippen molar-refractivity contribution in [2.24, 2.45) is 21.8 Å². The van der Waals surface area contributed by atoms with Gasteiger partial charge >= 0.3 is 0 Å². The van der Waals surface area contributed by atoms with Crippen molar-refractivity contribution < 1.29 is 4.79 Å². The number of hydrazone groups is 1. The van der Waals surface area contributed by atoms with Crippen LogP contribution in [0, 0.1) is 23.7 Å². The van der Waals surface area contributed by atoms with E-state index in [1.54, 1.807) is 6.92 Å². The Morgan fingerprint density at radius 3 is 2.55 bits per heavy atom. The van der Waals surface area contributed by atoms with E-state index >= 15 is 0 Å². The highest BCUT2D eigenvalue weighted by Gasteiger charge is 2.59. The van der Waals surface area contributed by atoms with Crippen LogP contribution in [0.1, 0.15) is 62.3 Å². The number of halogens is 1. The molecule has 2 unspecified atom stereocenters. The number of rotatable bonds is 3. The summed E-state index contributed by atoms with van der Waals surface area (Å²) in [6, 6.07) is 0. The topological polar surface area (TPSA) is 54.4 Å². The Bertz CT molecular complexity index is 637. The maximum Gasteiger partial charge on any atom is 0.204 e. The van der Waals surface area contributed by atoms with E-state index in [-0.39, 0.29) is 28.2 Å². The molecule has 1 N–H and O–H groups in total. The van der Waals surface area contributed by atoms with Gasteiger partial charge in [-0.25, -0.2) is 4.98 Å². The molecule has 0 saturated heterocycles. The average molecular weight is 386 g/mol. The molecule has 2 bridgehead atoms. The second-order valence-electron chi connectivity index (χ2n) is 7.15. The number of carbonyl (C=O) groups excluding carboxylic acids is 1. The van der Waals surface area contributed by atoms with Crippen molar-refractivity contribution in [2.45, 2.75) is 53.9 Å². The van der Waals surface area contributed by atoms with Gasteiger partial charge in [0, 0.05) is 18.1 Å². The van der Waals surface area contributed by atoms with Gasteiger partial charge in [-0.1, -0.05) is 32.1 Å². The number of nitrogens with zero attached hydrogens (tertiary/aromatic N) is 2. The van der Waals surface area contributed by atoms with Crippen LogP contribution in [-0.2, 0) is 0 Å². The number of nitrogens with one attached hydrogen (secondary N) is 1. The molecule has 2 aliphatic rings. The highest BCUT2D eigenvalue weighted by atomic mass is 79.9. The molecule has 2 aliphatic carbocycles. The Hall–Kier alpha value is -0.750. The summed E-state index contributed by atoms with van der Waals surface area (Å²) in [6.07, 6.45) is 3.62. The molecule has 1 aromatic rings. The van der Waals surface area contributed by atoms with Gasteiger partial charge < -0.3 is 0 Å². The first kappa shape index (κ1) is 17.6. The van der Waals surface area contributed by atoms with Crippen LogP contribution in [0.5, 0.6) is 0 Å². The van der Waals surface area contributed by atoms with E-state index in [4.69, 9.17) is 0 Å². The van der Waals surface area contributed by atoms with E-state index in [1.165, 1.54) is 29.9 Å². The fraction of sp³-hybridized carbons (Fsp3) is 0.688. The number of fused-ring (bicyclic) bond motifs is 2. The van der Waals surface area contributed by atoms with Gasteiger partial charge in [-0.3, -0.25) is 10.2 Å². The van der Waals surface area contributed by atoms with Crippen molar-refractivity contribution in [3.8, 4) is 0 Å². The minimum atomic E-state index is 0. The Balaban J connectivity index is 0.00000176.